The molecule has 2 rings (SSSR count). The van der Waals surface area contributed by atoms with Crippen molar-refractivity contribution in [3.05, 3.63) is 24.0 Å². The zero-order chi connectivity index (χ0) is 12.4. The number of hydrogen-bond donors (Lipinski definition) is 0. The highest BCUT2D eigenvalue weighted by molar-refractivity contribution is 5.95. The molecule has 1 aliphatic rings. The second-order valence-electron chi connectivity index (χ2n) is 4.31. The summed E-state index contributed by atoms with van der Waals surface area (Å²) in [6.07, 6.45) is 6.90. The number of hydrogen-bond acceptors (Lipinski definition) is 3. The molecule has 1 saturated heterocycles. The van der Waals surface area contributed by atoms with E-state index in [-0.39, 0.29) is 5.91 Å². The normalized spacial score (nSPS) is 21.4. The number of nitrogens with zero attached hydrogens (tertiary/aromatic N) is 3. The SMILES string of the molecule is C#Cc1ccc(N2C[C@@H](C)N(C)CC2=O)cn1. The summed E-state index contributed by atoms with van der Waals surface area (Å²) in [5.74, 6) is 2.56. The maximum Gasteiger partial charge on any atom is 0.241 e. The number of amides is 1. The topological polar surface area (TPSA) is 36.4 Å². The second-order valence-corrected chi connectivity index (χ2v) is 4.31. The van der Waals surface area contributed by atoms with Gasteiger partial charge in [-0.25, -0.2) is 4.98 Å². The molecule has 1 fully saturated rings. The lowest BCUT2D eigenvalue weighted by Gasteiger charge is -2.37. The number of carbonyl (C=O) groups is 1. The molecule has 0 saturated carbocycles. The summed E-state index contributed by atoms with van der Waals surface area (Å²) in [5.41, 5.74) is 1.40. The van der Waals surface area contributed by atoms with Gasteiger partial charge in [-0.2, -0.15) is 0 Å². The Morgan fingerprint density at radius 1 is 1.53 bits per heavy atom. The van der Waals surface area contributed by atoms with Gasteiger partial charge < -0.3 is 4.90 Å². The van der Waals surface area contributed by atoms with E-state index in [1.807, 2.05) is 18.0 Å². The molecule has 0 radical (unpaired) electrons. The largest absolute Gasteiger partial charge is 0.308 e. The third-order valence-corrected chi connectivity index (χ3v) is 3.09. The van der Waals surface area contributed by atoms with Crippen LogP contribution in [-0.4, -0.2) is 42.0 Å². The number of terminal acetylenes is 1. The molecule has 0 aromatic carbocycles. The summed E-state index contributed by atoms with van der Waals surface area (Å²) in [7, 11) is 1.96. The van der Waals surface area contributed by atoms with Crippen molar-refractivity contribution in [3.63, 3.8) is 0 Å². The quantitative estimate of drug-likeness (QED) is 0.666. The van der Waals surface area contributed by atoms with Gasteiger partial charge in [0.05, 0.1) is 18.4 Å². The van der Waals surface area contributed by atoms with E-state index >= 15 is 0 Å². The molecule has 0 unspecified atom stereocenters. The summed E-state index contributed by atoms with van der Waals surface area (Å²) in [5, 5.41) is 0. The van der Waals surface area contributed by atoms with Crippen LogP contribution in [-0.2, 0) is 4.79 Å². The Kier molecular flexibility index (Phi) is 3.12. The van der Waals surface area contributed by atoms with Crippen molar-refractivity contribution in [3.8, 4) is 12.3 Å². The number of piperazine rings is 1. The molecule has 88 valence electrons. The van der Waals surface area contributed by atoms with Crippen LogP contribution in [0.15, 0.2) is 18.3 Å². The predicted molar refractivity (Wildman–Crippen MR) is 66.6 cm³/mol. The minimum Gasteiger partial charge on any atom is -0.308 e. The van der Waals surface area contributed by atoms with Crippen LogP contribution in [0, 0.1) is 12.3 Å². The van der Waals surface area contributed by atoms with Crippen LogP contribution in [0.4, 0.5) is 5.69 Å². The molecule has 2 heterocycles. The van der Waals surface area contributed by atoms with Crippen LogP contribution in [0.1, 0.15) is 12.6 Å². The van der Waals surface area contributed by atoms with E-state index in [0.717, 1.165) is 5.69 Å². The molecule has 1 aromatic rings. The van der Waals surface area contributed by atoms with Gasteiger partial charge in [-0.15, -0.1) is 6.42 Å². The van der Waals surface area contributed by atoms with Crippen LogP contribution in [0.25, 0.3) is 0 Å². The molecule has 0 spiro atoms. The summed E-state index contributed by atoms with van der Waals surface area (Å²) in [4.78, 5) is 19.8. The molecule has 1 atom stereocenters. The van der Waals surface area contributed by atoms with E-state index in [1.54, 1.807) is 17.2 Å². The molecule has 0 bridgehead atoms. The summed E-state index contributed by atoms with van der Waals surface area (Å²) in [6, 6.07) is 3.95. The van der Waals surface area contributed by atoms with Crippen molar-refractivity contribution in [1.82, 2.24) is 9.88 Å². The average molecular weight is 229 g/mol. The fourth-order valence-electron chi connectivity index (χ4n) is 1.84. The van der Waals surface area contributed by atoms with Crippen LogP contribution in [0.3, 0.4) is 0 Å². The lowest BCUT2D eigenvalue weighted by Crippen LogP contribution is -2.53. The van der Waals surface area contributed by atoms with Crippen LogP contribution in [0.5, 0.6) is 0 Å². The van der Waals surface area contributed by atoms with Crippen LogP contribution >= 0.6 is 0 Å². The molecule has 4 nitrogen and oxygen atoms in total. The number of anilines is 1. The summed E-state index contributed by atoms with van der Waals surface area (Å²) in [6.45, 7) is 3.23. The van der Waals surface area contributed by atoms with Crippen molar-refractivity contribution in [2.45, 2.75) is 13.0 Å². The van der Waals surface area contributed by atoms with Crippen LogP contribution < -0.4 is 4.90 Å². The Hall–Kier alpha value is -1.86. The maximum atomic E-state index is 11.9. The van der Waals surface area contributed by atoms with Crippen molar-refractivity contribution in [2.75, 3.05) is 25.0 Å². The lowest BCUT2D eigenvalue weighted by molar-refractivity contribution is -0.121. The molecular weight excluding hydrogens is 214 g/mol. The highest BCUT2D eigenvalue weighted by atomic mass is 16.2. The molecular formula is C13H15N3O. The Labute approximate surface area is 101 Å². The van der Waals surface area contributed by atoms with Gasteiger partial charge in [0.2, 0.25) is 5.91 Å². The first-order valence-electron chi connectivity index (χ1n) is 5.55. The van der Waals surface area contributed by atoms with E-state index in [0.29, 0.717) is 24.8 Å². The number of pyridine rings is 1. The lowest BCUT2D eigenvalue weighted by atomic mass is 10.2. The van der Waals surface area contributed by atoms with E-state index in [2.05, 4.69) is 17.8 Å². The Bertz CT molecular complexity index is 461. The van der Waals surface area contributed by atoms with Gasteiger partial charge >= 0.3 is 0 Å². The molecule has 0 N–H and O–H groups in total. The summed E-state index contributed by atoms with van der Waals surface area (Å²) < 4.78 is 0. The fraction of sp³-hybridized carbons (Fsp3) is 0.385. The summed E-state index contributed by atoms with van der Waals surface area (Å²) >= 11 is 0. The van der Waals surface area contributed by atoms with Gasteiger partial charge in [0, 0.05) is 12.6 Å². The molecule has 0 aliphatic carbocycles. The predicted octanol–water partition coefficient (Wildman–Crippen LogP) is 0.730. The molecule has 1 aliphatic heterocycles. The average Bonchev–Trinajstić information content (AvgIpc) is 2.34. The third kappa shape index (κ3) is 2.29. The fourth-order valence-corrected chi connectivity index (χ4v) is 1.84. The van der Waals surface area contributed by atoms with Crippen molar-refractivity contribution >= 4 is 11.6 Å². The molecule has 17 heavy (non-hydrogen) atoms. The zero-order valence-electron chi connectivity index (χ0n) is 10.1. The smallest absolute Gasteiger partial charge is 0.241 e. The molecule has 1 aromatic heterocycles. The number of rotatable bonds is 1. The Morgan fingerprint density at radius 2 is 2.29 bits per heavy atom. The minimum absolute atomic E-state index is 0.0980. The highest BCUT2D eigenvalue weighted by Gasteiger charge is 2.27. The van der Waals surface area contributed by atoms with Gasteiger partial charge in [0.15, 0.2) is 0 Å². The number of aromatic nitrogens is 1. The minimum atomic E-state index is 0.0980. The third-order valence-electron chi connectivity index (χ3n) is 3.09. The Balaban J connectivity index is 2.21. The number of likely N-dealkylation sites (N-methyl/N-ethyl adjacent to an activating group) is 1. The van der Waals surface area contributed by atoms with Crippen molar-refractivity contribution < 1.29 is 4.79 Å². The first-order valence-corrected chi connectivity index (χ1v) is 5.55. The van der Waals surface area contributed by atoms with Crippen molar-refractivity contribution in [1.29, 1.82) is 0 Å². The van der Waals surface area contributed by atoms with Gasteiger partial charge in [-0.3, -0.25) is 9.69 Å². The van der Waals surface area contributed by atoms with Gasteiger partial charge in [0.25, 0.3) is 0 Å². The zero-order valence-corrected chi connectivity index (χ0v) is 10.1. The monoisotopic (exact) mass is 229 g/mol. The van der Waals surface area contributed by atoms with E-state index in [4.69, 9.17) is 6.42 Å². The first kappa shape index (κ1) is 11.6. The van der Waals surface area contributed by atoms with Gasteiger partial charge in [-0.1, -0.05) is 5.92 Å². The Morgan fingerprint density at radius 3 is 2.88 bits per heavy atom. The van der Waals surface area contributed by atoms with E-state index < -0.39 is 0 Å². The van der Waals surface area contributed by atoms with E-state index in [1.165, 1.54) is 0 Å². The van der Waals surface area contributed by atoms with Crippen molar-refractivity contribution in [2.24, 2.45) is 0 Å². The van der Waals surface area contributed by atoms with Gasteiger partial charge in [0.1, 0.15) is 5.69 Å². The highest BCUT2D eigenvalue weighted by Crippen LogP contribution is 2.18. The molecule has 4 heteroatoms. The first-order chi connectivity index (χ1) is 8.11. The van der Waals surface area contributed by atoms with E-state index in [9.17, 15) is 4.79 Å². The maximum absolute atomic E-state index is 11.9. The van der Waals surface area contributed by atoms with Gasteiger partial charge in [-0.05, 0) is 26.1 Å². The second kappa shape index (κ2) is 4.56. The number of carbonyl (C=O) groups excluding carboxylic acids is 1. The molecule has 1 amide bonds. The van der Waals surface area contributed by atoms with Crippen LogP contribution in [0.2, 0.25) is 0 Å². The standard InChI is InChI=1S/C13H15N3O/c1-4-11-5-6-12(7-14-11)16-8-10(2)15(3)9-13(16)17/h1,5-7,10H,8-9H2,2-3H3/t10-/m1/s1.